The van der Waals surface area contributed by atoms with Gasteiger partial charge in [-0.1, -0.05) is 0 Å². The summed E-state index contributed by atoms with van der Waals surface area (Å²) in [6, 6.07) is 9.18. The first kappa shape index (κ1) is 15.2. The Morgan fingerprint density at radius 3 is 2.62 bits per heavy atom. The van der Waals surface area contributed by atoms with Crippen LogP contribution >= 0.6 is 12.2 Å². The SMILES string of the molecule is CCn1nccc1CNC(=S)Nc1ccc(C(C)=O)cc1. The molecule has 0 aliphatic heterocycles. The smallest absolute Gasteiger partial charge is 0.171 e. The van der Waals surface area contributed by atoms with E-state index in [0.717, 1.165) is 17.9 Å². The molecule has 0 atom stereocenters. The van der Waals surface area contributed by atoms with E-state index in [2.05, 4.69) is 15.7 Å². The Morgan fingerprint density at radius 1 is 1.29 bits per heavy atom. The summed E-state index contributed by atoms with van der Waals surface area (Å²) in [7, 11) is 0. The average Bonchev–Trinajstić information content (AvgIpc) is 2.93. The zero-order chi connectivity index (χ0) is 15.2. The van der Waals surface area contributed by atoms with Crippen LogP contribution in [0.4, 0.5) is 5.69 Å². The largest absolute Gasteiger partial charge is 0.357 e. The molecule has 0 unspecified atom stereocenters. The van der Waals surface area contributed by atoms with E-state index < -0.39 is 0 Å². The number of aromatic nitrogens is 2. The molecule has 0 bridgehead atoms. The summed E-state index contributed by atoms with van der Waals surface area (Å²) in [4.78, 5) is 11.2. The maximum Gasteiger partial charge on any atom is 0.171 e. The van der Waals surface area contributed by atoms with Crippen LogP contribution in [0.3, 0.4) is 0 Å². The number of hydrogen-bond donors (Lipinski definition) is 2. The lowest BCUT2D eigenvalue weighted by Gasteiger charge is -2.11. The molecule has 1 heterocycles. The van der Waals surface area contributed by atoms with Crippen LogP contribution in [-0.4, -0.2) is 20.7 Å². The first-order chi connectivity index (χ1) is 10.1. The van der Waals surface area contributed by atoms with Crippen molar-refractivity contribution >= 4 is 28.8 Å². The van der Waals surface area contributed by atoms with Crippen LogP contribution in [0.15, 0.2) is 36.5 Å². The summed E-state index contributed by atoms with van der Waals surface area (Å²) in [5.74, 6) is 0.0510. The molecule has 0 amide bonds. The van der Waals surface area contributed by atoms with Gasteiger partial charge >= 0.3 is 0 Å². The second-order valence-corrected chi connectivity index (χ2v) is 4.99. The Hall–Kier alpha value is -2.21. The molecule has 0 spiro atoms. The van der Waals surface area contributed by atoms with Gasteiger partial charge in [-0.05, 0) is 56.4 Å². The highest BCUT2D eigenvalue weighted by atomic mass is 32.1. The van der Waals surface area contributed by atoms with E-state index in [1.165, 1.54) is 0 Å². The maximum atomic E-state index is 11.2. The van der Waals surface area contributed by atoms with E-state index >= 15 is 0 Å². The van der Waals surface area contributed by atoms with Crippen LogP contribution in [0.25, 0.3) is 0 Å². The summed E-state index contributed by atoms with van der Waals surface area (Å²) < 4.78 is 1.91. The third-order valence-corrected chi connectivity index (χ3v) is 3.33. The van der Waals surface area contributed by atoms with Crippen molar-refractivity contribution in [2.24, 2.45) is 0 Å². The summed E-state index contributed by atoms with van der Waals surface area (Å²) >= 11 is 5.25. The van der Waals surface area contributed by atoms with Gasteiger partial charge in [0.25, 0.3) is 0 Å². The van der Waals surface area contributed by atoms with Crippen molar-refractivity contribution in [3.63, 3.8) is 0 Å². The Balaban J connectivity index is 1.88. The number of Topliss-reactive ketones (excluding diaryl/α,β-unsaturated/α-hetero) is 1. The van der Waals surface area contributed by atoms with Crippen molar-refractivity contribution < 1.29 is 4.79 Å². The van der Waals surface area contributed by atoms with E-state index in [1.807, 2.05) is 29.8 Å². The fourth-order valence-corrected chi connectivity index (χ4v) is 2.12. The molecule has 110 valence electrons. The second-order valence-electron chi connectivity index (χ2n) is 4.58. The number of ketones is 1. The van der Waals surface area contributed by atoms with Gasteiger partial charge in [-0.2, -0.15) is 5.10 Å². The highest BCUT2D eigenvalue weighted by Gasteiger charge is 2.03. The number of nitrogens with one attached hydrogen (secondary N) is 2. The van der Waals surface area contributed by atoms with E-state index in [1.54, 1.807) is 25.3 Å². The minimum atomic E-state index is 0.0510. The summed E-state index contributed by atoms with van der Waals surface area (Å²) in [6.45, 7) is 5.04. The number of carbonyl (C=O) groups is 1. The molecule has 1 aromatic carbocycles. The zero-order valence-corrected chi connectivity index (χ0v) is 12.9. The van der Waals surface area contributed by atoms with Gasteiger partial charge in [-0.25, -0.2) is 0 Å². The monoisotopic (exact) mass is 302 g/mol. The van der Waals surface area contributed by atoms with Gasteiger partial charge in [-0.3, -0.25) is 9.48 Å². The molecule has 6 heteroatoms. The Labute approximate surface area is 129 Å². The lowest BCUT2D eigenvalue weighted by molar-refractivity contribution is 0.101. The summed E-state index contributed by atoms with van der Waals surface area (Å²) in [5, 5.41) is 11.0. The number of hydrogen-bond acceptors (Lipinski definition) is 3. The Morgan fingerprint density at radius 2 is 2.00 bits per heavy atom. The Kier molecular flexibility index (Phi) is 5.05. The highest BCUT2D eigenvalue weighted by molar-refractivity contribution is 7.80. The first-order valence-corrected chi connectivity index (χ1v) is 7.17. The molecular formula is C15H18N4OS. The molecule has 0 aliphatic carbocycles. The van der Waals surface area contributed by atoms with Crippen molar-refractivity contribution in [1.29, 1.82) is 0 Å². The molecule has 1 aromatic heterocycles. The number of carbonyl (C=O) groups excluding carboxylic acids is 1. The van der Waals surface area contributed by atoms with Gasteiger partial charge in [0.05, 0.1) is 12.2 Å². The molecule has 0 saturated carbocycles. The van der Waals surface area contributed by atoms with E-state index in [-0.39, 0.29) is 5.78 Å². The highest BCUT2D eigenvalue weighted by Crippen LogP contribution is 2.10. The molecular weight excluding hydrogens is 284 g/mol. The predicted molar refractivity (Wildman–Crippen MR) is 87.4 cm³/mol. The van der Waals surface area contributed by atoms with E-state index in [4.69, 9.17) is 12.2 Å². The zero-order valence-electron chi connectivity index (χ0n) is 12.1. The van der Waals surface area contributed by atoms with Crippen LogP contribution in [-0.2, 0) is 13.1 Å². The third kappa shape index (κ3) is 4.13. The van der Waals surface area contributed by atoms with Gasteiger partial charge in [0.1, 0.15) is 0 Å². The molecule has 2 N–H and O–H groups in total. The first-order valence-electron chi connectivity index (χ1n) is 6.76. The quantitative estimate of drug-likeness (QED) is 0.657. The molecule has 21 heavy (non-hydrogen) atoms. The molecule has 2 rings (SSSR count). The van der Waals surface area contributed by atoms with E-state index in [0.29, 0.717) is 17.2 Å². The molecule has 0 fully saturated rings. The molecule has 2 aromatic rings. The number of anilines is 1. The number of aryl methyl sites for hydroxylation is 1. The van der Waals surface area contributed by atoms with Gasteiger partial charge in [0, 0.05) is 24.0 Å². The lowest BCUT2D eigenvalue weighted by atomic mass is 10.1. The van der Waals surface area contributed by atoms with Crippen molar-refractivity contribution in [2.75, 3.05) is 5.32 Å². The van der Waals surface area contributed by atoms with Gasteiger partial charge in [-0.15, -0.1) is 0 Å². The summed E-state index contributed by atoms with van der Waals surface area (Å²) in [5.41, 5.74) is 2.61. The molecule has 0 saturated heterocycles. The number of nitrogens with zero attached hydrogens (tertiary/aromatic N) is 2. The Bertz CT molecular complexity index is 633. The van der Waals surface area contributed by atoms with Crippen molar-refractivity contribution in [3.05, 3.63) is 47.8 Å². The normalized spacial score (nSPS) is 10.2. The number of thiocarbonyl (C=S) groups is 1. The maximum absolute atomic E-state index is 11.2. The van der Waals surface area contributed by atoms with Crippen LogP contribution in [0.2, 0.25) is 0 Å². The van der Waals surface area contributed by atoms with Crippen LogP contribution in [0, 0.1) is 0 Å². The van der Waals surface area contributed by atoms with Gasteiger partial charge in [0.15, 0.2) is 10.9 Å². The molecule has 0 radical (unpaired) electrons. The third-order valence-electron chi connectivity index (χ3n) is 3.08. The summed E-state index contributed by atoms with van der Waals surface area (Å²) in [6.07, 6.45) is 1.78. The van der Waals surface area contributed by atoms with Crippen LogP contribution < -0.4 is 10.6 Å². The fraction of sp³-hybridized carbons (Fsp3) is 0.267. The fourth-order valence-electron chi connectivity index (χ4n) is 1.93. The van der Waals surface area contributed by atoms with E-state index in [9.17, 15) is 4.79 Å². The lowest BCUT2D eigenvalue weighted by Crippen LogP contribution is -2.28. The van der Waals surface area contributed by atoms with Gasteiger partial charge in [0.2, 0.25) is 0 Å². The minimum Gasteiger partial charge on any atom is -0.357 e. The average molecular weight is 302 g/mol. The predicted octanol–water partition coefficient (Wildman–Crippen LogP) is 2.59. The van der Waals surface area contributed by atoms with Crippen molar-refractivity contribution in [3.8, 4) is 0 Å². The second kappa shape index (κ2) is 6.99. The van der Waals surface area contributed by atoms with Crippen molar-refractivity contribution in [2.45, 2.75) is 26.9 Å². The van der Waals surface area contributed by atoms with Crippen LogP contribution in [0.5, 0.6) is 0 Å². The van der Waals surface area contributed by atoms with Crippen LogP contribution in [0.1, 0.15) is 29.9 Å². The number of benzene rings is 1. The number of rotatable bonds is 5. The minimum absolute atomic E-state index is 0.0510. The molecule has 5 nitrogen and oxygen atoms in total. The van der Waals surface area contributed by atoms with Gasteiger partial charge < -0.3 is 10.6 Å². The van der Waals surface area contributed by atoms with Crippen molar-refractivity contribution in [1.82, 2.24) is 15.1 Å². The standard InChI is InChI=1S/C15H18N4OS/c1-3-19-14(8-9-17-19)10-16-15(21)18-13-6-4-12(5-7-13)11(2)20/h4-9H,3,10H2,1-2H3,(H2,16,18,21). The topological polar surface area (TPSA) is 59.0 Å². The molecule has 0 aliphatic rings.